The highest BCUT2D eigenvalue weighted by Gasteiger charge is 2.28. The van der Waals surface area contributed by atoms with Gasteiger partial charge in [-0.15, -0.1) is 0 Å². The molecule has 0 bridgehead atoms. The molecular formula is C15H22N6O3. The highest BCUT2D eigenvalue weighted by atomic mass is 16.5. The van der Waals surface area contributed by atoms with Gasteiger partial charge in [-0.05, 0) is 13.8 Å². The van der Waals surface area contributed by atoms with Crippen molar-refractivity contribution in [2.75, 3.05) is 19.7 Å². The molecule has 24 heavy (non-hydrogen) atoms. The van der Waals surface area contributed by atoms with Crippen LogP contribution in [0, 0.1) is 20.8 Å². The van der Waals surface area contributed by atoms with E-state index in [1.54, 1.807) is 11.8 Å². The Morgan fingerprint density at radius 3 is 2.79 bits per heavy atom. The third-order valence-corrected chi connectivity index (χ3v) is 4.26. The summed E-state index contributed by atoms with van der Waals surface area (Å²) in [5.74, 6) is 0.960. The molecule has 9 nitrogen and oxygen atoms in total. The van der Waals surface area contributed by atoms with Crippen LogP contribution in [-0.2, 0) is 18.3 Å². The van der Waals surface area contributed by atoms with Crippen molar-refractivity contribution in [2.24, 2.45) is 7.05 Å². The molecule has 3 rings (SSSR count). The van der Waals surface area contributed by atoms with E-state index in [0.29, 0.717) is 38.0 Å². The summed E-state index contributed by atoms with van der Waals surface area (Å²) in [6.07, 6.45) is -0.358. The van der Waals surface area contributed by atoms with Crippen LogP contribution in [0.3, 0.4) is 0 Å². The van der Waals surface area contributed by atoms with E-state index in [2.05, 4.69) is 20.6 Å². The lowest BCUT2D eigenvalue weighted by Crippen LogP contribution is -2.47. The predicted molar refractivity (Wildman–Crippen MR) is 84.2 cm³/mol. The molecule has 1 aliphatic rings. The first-order valence-corrected chi connectivity index (χ1v) is 7.89. The zero-order valence-corrected chi connectivity index (χ0v) is 14.4. The Morgan fingerprint density at radius 1 is 1.38 bits per heavy atom. The van der Waals surface area contributed by atoms with Crippen molar-refractivity contribution in [3.8, 4) is 0 Å². The molecular weight excluding hydrogens is 312 g/mol. The van der Waals surface area contributed by atoms with Crippen LogP contribution in [0.5, 0.6) is 0 Å². The van der Waals surface area contributed by atoms with Gasteiger partial charge in [0.2, 0.25) is 11.7 Å². The second-order valence-electron chi connectivity index (χ2n) is 5.91. The molecule has 1 atom stereocenters. The van der Waals surface area contributed by atoms with Crippen LogP contribution in [0.15, 0.2) is 4.52 Å². The molecule has 1 unspecified atom stereocenters. The van der Waals surface area contributed by atoms with Crippen LogP contribution in [0.1, 0.15) is 34.8 Å². The van der Waals surface area contributed by atoms with Gasteiger partial charge in [-0.25, -0.2) is 4.79 Å². The Bertz CT molecular complexity index is 738. The van der Waals surface area contributed by atoms with E-state index in [9.17, 15) is 4.79 Å². The molecule has 0 radical (unpaired) electrons. The molecule has 1 fully saturated rings. The fourth-order valence-corrected chi connectivity index (χ4v) is 2.78. The lowest BCUT2D eigenvalue weighted by atomic mass is 10.2. The van der Waals surface area contributed by atoms with E-state index in [1.807, 2.05) is 25.6 Å². The number of hydrogen-bond acceptors (Lipinski definition) is 6. The number of carbonyl (C=O) groups is 1. The molecule has 130 valence electrons. The van der Waals surface area contributed by atoms with Crippen LogP contribution < -0.4 is 5.32 Å². The van der Waals surface area contributed by atoms with Gasteiger partial charge >= 0.3 is 6.03 Å². The van der Waals surface area contributed by atoms with E-state index in [-0.39, 0.29) is 12.1 Å². The van der Waals surface area contributed by atoms with Crippen LogP contribution in [0.4, 0.5) is 4.79 Å². The zero-order valence-electron chi connectivity index (χ0n) is 14.4. The molecule has 0 aromatic carbocycles. The van der Waals surface area contributed by atoms with Gasteiger partial charge < -0.3 is 19.5 Å². The Kier molecular flexibility index (Phi) is 4.52. The maximum atomic E-state index is 12.5. The van der Waals surface area contributed by atoms with Gasteiger partial charge in [0, 0.05) is 38.3 Å². The minimum Gasteiger partial charge on any atom is -0.366 e. The van der Waals surface area contributed by atoms with Gasteiger partial charge in [0.15, 0.2) is 0 Å². The molecule has 3 heterocycles. The highest BCUT2D eigenvalue weighted by Crippen LogP contribution is 2.20. The topological polar surface area (TPSA) is 98.3 Å². The summed E-state index contributed by atoms with van der Waals surface area (Å²) in [5.41, 5.74) is 3.02. The number of urea groups is 1. The second-order valence-corrected chi connectivity index (χ2v) is 5.91. The summed E-state index contributed by atoms with van der Waals surface area (Å²) in [5, 5.41) is 11.2. The lowest BCUT2D eigenvalue weighted by Gasteiger charge is -2.31. The van der Waals surface area contributed by atoms with Crippen molar-refractivity contribution in [2.45, 2.75) is 33.4 Å². The van der Waals surface area contributed by atoms with Gasteiger partial charge in [0.25, 0.3) is 0 Å². The predicted octanol–water partition coefficient (Wildman–Crippen LogP) is 1.01. The fraction of sp³-hybridized carbons (Fsp3) is 0.600. The Labute approximate surface area is 140 Å². The number of ether oxygens (including phenoxy) is 1. The molecule has 0 aliphatic carbocycles. The van der Waals surface area contributed by atoms with E-state index in [1.165, 1.54) is 0 Å². The van der Waals surface area contributed by atoms with Crippen LogP contribution in [0.2, 0.25) is 0 Å². The van der Waals surface area contributed by atoms with Gasteiger partial charge in [0.1, 0.15) is 6.10 Å². The molecule has 2 aromatic rings. The number of aromatic nitrogens is 4. The number of rotatable bonds is 3. The maximum Gasteiger partial charge on any atom is 0.317 e. The number of morpholine rings is 1. The summed E-state index contributed by atoms with van der Waals surface area (Å²) in [6, 6.07) is -0.133. The maximum absolute atomic E-state index is 12.5. The molecule has 1 saturated heterocycles. The van der Waals surface area contributed by atoms with Gasteiger partial charge in [-0.1, -0.05) is 5.16 Å². The van der Waals surface area contributed by atoms with Crippen molar-refractivity contribution in [1.29, 1.82) is 0 Å². The first kappa shape index (κ1) is 16.4. The standard InChI is InChI=1S/C15H22N6O3/c1-9-12(10(2)20(4)18-9)7-16-15(22)21-5-6-23-13(8-21)14-17-11(3)24-19-14/h13H,5-8H2,1-4H3,(H,16,22). The third-order valence-electron chi connectivity index (χ3n) is 4.26. The van der Waals surface area contributed by atoms with Crippen molar-refractivity contribution in [3.05, 3.63) is 28.7 Å². The normalized spacial score (nSPS) is 18.0. The number of nitrogens with one attached hydrogen (secondary N) is 1. The van der Waals surface area contributed by atoms with Gasteiger partial charge in [-0.2, -0.15) is 10.1 Å². The van der Waals surface area contributed by atoms with Crippen molar-refractivity contribution < 1.29 is 14.1 Å². The summed E-state index contributed by atoms with van der Waals surface area (Å²) in [7, 11) is 1.90. The Balaban J connectivity index is 1.60. The van der Waals surface area contributed by atoms with Crippen LogP contribution in [0.25, 0.3) is 0 Å². The smallest absolute Gasteiger partial charge is 0.317 e. The number of aryl methyl sites for hydroxylation is 3. The van der Waals surface area contributed by atoms with E-state index in [4.69, 9.17) is 9.26 Å². The first-order chi connectivity index (χ1) is 11.5. The Hall–Kier alpha value is -2.42. The number of nitrogens with zero attached hydrogens (tertiary/aromatic N) is 5. The third kappa shape index (κ3) is 3.25. The molecule has 9 heteroatoms. The summed E-state index contributed by atoms with van der Waals surface area (Å²) < 4.78 is 12.4. The van der Waals surface area contributed by atoms with E-state index < -0.39 is 0 Å². The number of carbonyl (C=O) groups excluding carboxylic acids is 1. The largest absolute Gasteiger partial charge is 0.366 e. The van der Waals surface area contributed by atoms with Gasteiger partial charge in [0.05, 0.1) is 18.8 Å². The quantitative estimate of drug-likeness (QED) is 0.899. The second kappa shape index (κ2) is 6.60. The molecule has 2 amide bonds. The van der Waals surface area contributed by atoms with Crippen molar-refractivity contribution in [1.82, 2.24) is 30.1 Å². The minimum absolute atomic E-state index is 0.133. The lowest BCUT2D eigenvalue weighted by molar-refractivity contribution is -0.0209. The van der Waals surface area contributed by atoms with Crippen LogP contribution in [-0.4, -0.2) is 50.5 Å². The summed E-state index contributed by atoms with van der Waals surface area (Å²) in [6.45, 7) is 7.48. The fourth-order valence-electron chi connectivity index (χ4n) is 2.78. The van der Waals surface area contributed by atoms with Crippen molar-refractivity contribution >= 4 is 6.03 Å². The van der Waals surface area contributed by atoms with E-state index in [0.717, 1.165) is 17.0 Å². The average molecular weight is 334 g/mol. The monoisotopic (exact) mass is 334 g/mol. The van der Waals surface area contributed by atoms with E-state index >= 15 is 0 Å². The first-order valence-electron chi connectivity index (χ1n) is 7.89. The molecule has 1 aliphatic heterocycles. The van der Waals surface area contributed by atoms with Crippen molar-refractivity contribution in [3.63, 3.8) is 0 Å². The molecule has 1 N–H and O–H groups in total. The zero-order chi connectivity index (χ0) is 17.3. The molecule has 0 saturated carbocycles. The average Bonchev–Trinajstić information content (AvgIpc) is 3.10. The minimum atomic E-state index is -0.358. The highest BCUT2D eigenvalue weighted by molar-refractivity contribution is 5.74. The van der Waals surface area contributed by atoms with Gasteiger partial charge in [-0.3, -0.25) is 4.68 Å². The number of hydrogen-bond donors (Lipinski definition) is 1. The molecule has 0 spiro atoms. The summed E-state index contributed by atoms with van der Waals surface area (Å²) in [4.78, 5) is 18.3. The number of amides is 2. The SMILES string of the molecule is Cc1nc(C2CN(C(=O)NCc3c(C)nn(C)c3C)CCO2)no1. The molecule has 2 aromatic heterocycles. The van der Waals surface area contributed by atoms with Crippen LogP contribution >= 0.6 is 0 Å². The summed E-state index contributed by atoms with van der Waals surface area (Å²) >= 11 is 0. The Morgan fingerprint density at radius 2 is 2.17 bits per heavy atom.